The second kappa shape index (κ2) is 7.43. The van der Waals surface area contributed by atoms with Gasteiger partial charge in [0.1, 0.15) is 16.5 Å². The van der Waals surface area contributed by atoms with Crippen LogP contribution in [0.25, 0.3) is 0 Å². The average Bonchev–Trinajstić information content (AvgIpc) is 2.67. The summed E-state index contributed by atoms with van der Waals surface area (Å²) in [6.07, 6.45) is 0. The number of carbonyl (C=O) groups excluding carboxylic acids is 1. The van der Waals surface area contributed by atoms with Crippen molar-refractivity contribution in [3.63, 3.8) is 0 Å². The molecule has 0 unspecified atom stereocenters. The molecule has 1 saturated heterocycles. The first-order valence-corrected chi connectivity index (χ1v) is 9.55. The fourth-order valence-electron chi connectivity index (χ4n) is 2.86. The van der Waals surface area contributed by atoms with Gasteiger partial charge in [0.25, 0.3) is 5.91 Å². The molecule has 0 spiro atoms. The predicted octanol–water partition coefficient (Wildman–Crippen LogP) is 1.98. The zero-order valence-electron chi connectivity index (χ0n) is 14.3. The summed E-state index contributed by atoms with van der Waals surface area (Å²) in [6.45, 7) is 0.714. The molecule has 0 N–H and O–H groups in total. The molecule has 0 saturated carbocycles. The van der Waals surface area contributed by atoms with E-state index in [1.54, 1.807) is 29.2 Å². The third-order valence-corrected chi connectivity index (χ3v) is 6.23. The van der Waals surface area contributed by atoms with Crippen molar-refractivity contribution in [3.05, 3.63) is 59.9 Å². The van der Waals surface area contributed by atoms with Crippen LogP contribution in [0.2, 0.25) is 0 Å². The van der Waals surface area contributed by atoms with Gasteiger partial charge in [0.2, 0.25) is 10.0 Å². The van der Waals surface area contributed by atoms with Crippen LogP contribution in [0.5, 0.6) is 5.75 Å². The Bertz CT molecular complexity index is 909. The Labute approximate surface area is 151 Å². The monoisotopic (exact) mass is 378 g/mol. The molecule has 8 heteroatoms. The molecule has 0 atom stereocenters. The third kappa shape index (κ3) is 3.56. The van der Waals surface area contributed by atoms with Crippen molar-refractivity contribution in [2.75, 3.05) is 33.3 Å². The molecule has 1 aliphatic rings. The Morgan fingerprint density at radius 1 is 1.04 bits per heavy atom. The standard InChI is InChI=1S/C18H19FN2O4S/c1-25-15-6-4-5-14(13-15)18(22)20-9-11-21(12-10-20)26(23,24)17-8-3-2-7-16(17)19/h2-8,13H,9-12H2,1H3. The molecule has 2 aromatic carbocycles. The van der Waals surface area contributed by atoms with Crippen molar-refractivity contribution in [2.24, 2.45) is 0 Å². The van der Waals surface area contributed by atoms with Gasteiger partial charge in [0.05, 0.1) is 7.11 Å². The van der Waals surface area contributed by atoms with E-state index in [0.29, 0.717) is 11.3 Å². The van der Waals surface area contributed by atoms with E-state index in [9.17, 15) is 17.6 Å². The van der Waals surface area contributed by atoms with Gasteiger partial charge in [0, 0.05) is 31.7 Å². The van der Waals surface area contributed by atoms with Gasteiger partial charge < -0.3 is 9.64 Å². The maximum atomic E-state index is 13.9. The number of carbonyl (C=O) groups is 1. The minimum atomic E-state index is -3.92. The maximum absolute atomic E-state index is 13.9. The van der Waals surface area contributed by atoms with E-state index in [1.165, 1.54) is 29.6 Å². The molecule has 138 valence electrons. The number of methoxy groups -OCH3 is 1. The van der Waals surface area contributed by atoms with E-state index in [1.807, 2.05) is 0 Å². The van der Waals surface area contributed by atoms with Crippen LogP contribution in [0.15, 0.2) is 53.4 Å². The first kappa shape index (κ1) is 18.3. The van der Waals surface area contributed by atoms with E-state index in [0.717, 1.165) is 6.07 Å². The Morgan fingerprint density at radius 3 is 2.38 bits per heavy atom. The van der Waals surface area contributed by atoms with Crippen molar-refractivity contribution in [2.45, 2.75) is 4.90 Å². The smallest absolute Gasteiger partial charge is 0.254 e. The molecule has 1 amide bonds. The van der Waals surface area contributed by atoms with Crippen LogP contribution in [0.4, 0.5) is 4.39 Å². The zero-order valence-corrected chi connectivity index (χ0v) is 15.1. The summed E-state index contributed by atoms with van der Waals surface area (Å²) in [5, 5.41) is 0. The van der Waals surface area contributed by atoms with Crippen LogP contribution in [0.3, 0.4) is 0 Å². The van der Waals surface area contributed by atoms with E-state index >= 15 is 0 Å². The Kier molecular flexibility index (Phi) is 5.24. The molecule has 0 aromatic heterocycles. The predicted molar refractivity (Wildman–Crippen MR) is 94.1 cm³/mol. The maximum Gasteiger partial charge on any atom is 0.254 e. The van der Waals surface area contributed by atoms with Gasteiger partial charge in [-0.25, -0.2) is 12.8 Å². The van der Waals surface area contributed by atoms with Gasteiger partial charge in [-0.2, -0.15) is 4.31 Å². The number of benzene rings is 2. The molecule has 0 aliphatic carbocycles. The highest BCUT2D eigenvalue weighted by molar-refractivity contribution is 7.89. The molecule has 26 heavy (non-hydrogen) atoms. The van der Waals surface area contributed by atoms with E-state index < -0.39 is 15.8 Å². The number of ether oxygens (including phenoxy) is 1. The summed E-state index contributed by atoms with van der Waals surface area (Å²) < 4.78 is 45.4. The summed E-state index contributed by atoms with van der Waals surface area (Å²) in [7, 11) is -2.39. The summed E-state index contributed by atoms with van der Waals surface area (Å²) in [5.74, 6) is -0.383. The van der Waals surface area contributed by atoms with Gasteiger partial charge in [0.15, 0.2) is 0 Å². The second-order valence-corrected chi connectivity index (χ2v) is 7.77. The number of hydrogen-bond acceptors (Lipinski definition) is 4. The highest BCUT2D eigenvalue weighted by Gasteiger charge is 2.32. The summed E-state index contributed by atoms with van der Waals surface area (Å²) in [4.78, 5) is 13.8. The van der Waals surface area contributed by atoms with Crippen molar-refractivity contribution < 1.29 is 22.3 Å². The molecule has 0 bridgehead atoms. The molecule has 1 fully saturated rings. The molecular weight excluding hydrogens is 359 g/mol. The van der Waals surface area contributed by atoms with Crippen LogP contribution in [-0.4, -0.2) is 56.8 Å². The first-order valence-electron chi connectivity index (χ1n) is 8.11. The largest absolute Gasteiger partial charge is 0.497 e. The molecule has 6 nitrogen and oxygen atoms in total. The average molecular weight is 378 g/mol. The lowest BCUT2D eigenvalue weighted by Gasteiger charge is -2.34. The number of sulfonamides is 1. The number of nitrogens with zero attached hydrogens (tertiary/aromatic N) is 2. The molecule has 1 aliphatic heterocycles. The fraction of sp³-hybridized carbons (Fsp3) is 0.278. The molecular formula is C18H19FN2O4S. The summed E-state index contributed by atoms with van der Waals surface area (Å²) >= 11 is 0. The second-order valence-electron chi connectivity index (χ2n) is 5.86. The van der Waals surface area contributed by atoms with Crippen LogP contribution >= 0.6 is 0 Å². The third-order valence-electron chi connectivity index (χ3n) is 4.30. The van der Waals surface area contributed by atoms with Gasteiger partial charge in [-0.05, 0) is 30.3 Å². The van der Waals surface area contributed by atoms with E-state index in [4.69, 9.17) is 4.74 Å². The molecule has 3 rings (SSSR count). The lowest BCUT2D eigenvalue weighted by atomic mass is 10.1. The highest BCUT2D eigenvalue weighted by atomic mass is 32.2. The Morgan fingerprint density at radius 2 is 1.73 bits per heavy atom. The number of halogens is 1. The van der Waals surface area contributed by atoms with E-state index in [2.05, 4.69) is 0 Å². The number of amides is 1. The molecule has 2 aromatic rings. The molecule has 0 radical (unpaired) electrons. The van der Waals surface area contributed by atoms with E-state index in [-0.39, 0.29) is 37.0 Å². The Balaban J connectivity index is 1.71. The van der Waals surface area contributed by atoms with Crippen molar-refractivity contribution in [1.82, 2.24) is 9.21 Å². The molecule has 1 heterocycles. The quantitative estimate of drug-likeness (QED) is 0.816. The highest BCUT2D eigenvalue weighted by Crippen LogP contribution is 2.21. The first-order chi connectivity index (χ1) is 12.4. The number of piperazine rings is 1. The lowest BCUT2D eigenvalue weighted by Crippen LogP contribution is -2.50. The van der Waals surface area contributed by atoms with Gasteiger partial charge in [-0.15, -0.1) is 0 Å². The summed E-state index contributed by atoms with van der Waals surface area (Å²) in [5.41, 5.74) is 0.481. The minimum Gasteiger partial charge on any atom is -0.497 e. The van der Waals surface area contributed by atoms with Crippen LogP contribution < -0.4 is 4.74 Å². The van der Waals surface area contributed by atoms with Crippen LogP contribution in [-0.2, 0) is 10.0 Å². The topological polar surface area (TPSA) is 66.9 Å². The van der Waals surface area contributed by atoms with Crippen LogP contribution in [0, 0.1) is 5.82 Å². The lowest BCUT2D eigenvalue weighted by molar-refractivity contribution is 0.0697. The van der Waals surface area contributed by atoms with Gasteiger partial charge in [-0.1, -0.05) is 18.2 Å². The minimum absolute atomic E-state index is 0.117. The Hall–Kier alpha value is -2.45. The number of hydrogen-bond donors (Lipinski definition) is 0. The van der Waals surface area contributed by atoms with Gasteiger partial charge >= 0.3 is 0 Å². The SMILES string of the molecule is COc1cccc(C(=O)N2CCN(S(=O)(=O)c3ccccc3F)CC2)c1. The van der Waals surface area contributed by atoms with Gasteiger partial charge in [-0.3, -0.25) is 4.79 Å². The normalized spacial score (nSPS) is 15.7. The van der Waals surface area contributed by atoms with Crippen LogP contribution in [0.1, 0.15) is 10.4 Å². The van der Waals surface area contributed by atoms with Crippen molar-refractivity contribution >= 4 is 15.9 Å². The zero-order chi connectivity index (χ0) is 18.7. The fourth-order valence-corrected chi connectivity index (χ4v) is 4.35. The van der Waals surface area contributed by atoms with Crippen molar-refractivity contribution in [1.29, 1.82) is 0 Å². The van der Waals surface area contributed by atoms with Crippen molar-refractivity contribution in [3.8, 4) is 5.75 Å². The summed E-state index contributed by atoms with van der Waals surface area (Å²) in [6, 6.07) is 12.1. The number of rotatable bonds is 4.